The van der Waals surface area contributed by atoms with Crippen LogP contribution in [0, 0.1) is 5.92 Å². The van der Waals surface area contributed by atoms with Crippen LogP contribution < -0.4 is 0 Å². The molecule has 0 saturated carbocycles. The number of hydrogen-bond donors (Lipinski definition) is 0. The summed E-state index contributed by atoms with van der Waals surface area (Å²) < 4.78 is 2.10. The third-order valence-corrected chi connectivity index (χ3v) is 4.80. The molecule has 0 spiro atoms. The van der Waals surface area contributed by atoms with Crippen molar-refractivity contribution in [2.24, 2.45) is 13.0 Å². The highest BCUT2D eigenvalue weighted by Crippen LogP contribution is 2.41. The number of benzene rings is 1. The number of halogens is 1. The lowest BCUT2D eigenvalue weighted by Crippen LogP contribution is -2.18. The maximum absolute atomic E-state index is 6.67. The van der Waals surface area contributed by atoms with Crippen LogP contribution in [0.4, 0.5) is 0 Å². The van der Waals surface area contributed by atoms with Gasteiger partial charge in [0.05, 0.1) is 5.38 Å². The van der Waals surface area contributed by atoms with Gasteiger partial charge in [-0.15, -0.1) is 11.6 Å². The molecule has 0 bridgehead atoms. The van der Waals surface area contributed by atoms with E-state index in [0.29, 0.717) is 5.92 Å². The van der Waals surface area contributed by atoms with E-state index in [1.165, 1.54) is 17.5 Å². The number of alkyl halides is 1. The van der Waals surface area contributed by atoms with Crippen molar-refractivity contribution >= 4 is 11.6 Å². The second-order valence-electron chi connectivity index (χ2n) is 5.39. The second kappa shape index (κ2) is 5.38. The van der Waals surface area contributed by atoms with Crippen LogP contribution in [0.25, 0.3) is 0 Å². The van der Waals surface area contributed by atoms with Crippen LogP contribution in [0.1, 0.15) is 35.2 Å². The molecule has 0 fully saturated rings. The summed E-state index contributed by atoms with van der Waals surface area (Å²) in [6.07, 6.45) is 8.35. The third-order valence-electron chi connectivity index (χ3n) is 4.21. The van der Waals surface area contributed by atoms with Gasteiger partial charge >= 0.3 is 0 Å². The lowest BCUT2D eigenvalue weighted by atomic mass is 9.81. The third kappa shape index (κ3) is 2.55. The van der Waals surface area contributed by atoms with Crippen LogP contribution in [-0.2, 0) is 19.9 Å². The Morgan fingerprint density at radius 1 is 1.37 bits per heavy atom. The van der Waals surface area contributed by atoms with Gasteiger partial charge in [0.15, 0.2) is 0 Å². The Labute approximate surface area is 119 Å². The Morgan fingerprint density at radius 3 is 3.00 bits per heavy atom. The van der Waals surface area contributed by atoms with Crippen LogP contribution in [0.5, 0.6) is 0 Å². The molecule has 1 heterocycles. The smallest absolute Gasteiger partial charge is 0.108 e. The van der Waals surface area contributed by atoms with Gasteiger partial charge in [-0.05, 0) is 36.3 Å². The van der Waals surface area contributed by atoms with Gasteiger partial charge in [0.25, 0.3) is 0 Å². The Balaban J connectivity index is 1.69. The van der Waals surface area contributed by atoms with Crippen molar-refractivity contribution in [3.05, 3.63) is 53.6 Å². The molecule has 100 valence electrons. The minimum Gasteiger partial charge on any atom is -0.338 e. The van der Waals surface area contributed by atoms with Crippen molar-refractivity contribution in [1.29, 1.82) is 0 Å². The SMILES string of the molecule is Cn1ccnc1CCC1CCc2ccccc2C1Cl. The molecule has 2 aromatic rings. The first-order valence-corrected chi connectivity index (χ1v) is 7.37. The Kier molecular flexibility index (Phi) is 3.61. The van der Waals surface area contributed by atoms with Crippen molar-refractivity contribution in [1.82, 2.24) is 9.55 Å². The van der Waals surface area contributed by atoms with Crippen molar-refractivity contribution in [3.8, 4) is 0 Å². The Hall–Kier alpha value is -1.28. The number of rotatable bonds is 3. The summed E-state index contributed by atoms with van der Waals surface area (Å²) in [6.45, 7) is 0. The average Bonchev–Trinajstić information content (AvgIpc) is 2.84. The fourth-order valence-corrected chi connectivity index (χ4v) is 3.48. The number of hydrogen-bond acceptors (Lipinski definition) is 1. The lowest BCUT2D eigenvalue weighted by molar-refractivity contribution is 0.409. The fourth-order valence-electron chi connectivity index (χ4n) is 3.01. The molecule has 0 radical (unpaired) electrons. The highest BCUT2D eigenvalue weighted by Gasteiger charge is 2.27. The normalized spacial score (nSPS) is 22.2. The number of aryl methyl sites for hydroxylation is 3. The second-order valence-corrected chi connectivity index (χ2v) is 5.86. The highest BCUT2D eigenvalue weighted by molar-refractivity contribution is 6.21. The minimum absolute atomic E-state index is 0.158. The maximum atomic E-state index is 6.67. The lowest BCUT2D eigenvalue weighted by Gasteiger charge is -2.29. The molecular formula is C16H19ClN2. The first-order chi connectivity index (χ1) is 9.25. The Morgan fingerprint density at radius 2 is 2.21 bits per heavy atom. The molecule has 1 aromatic heterocycles. The summed E-state index contributed by atoms with van der Waals surface area (Å²) in [5.41, 5.74) is 2.76. The summed E-state index contributed by atoms with van der Waals surface area (Å²) in [5, 5.41) is 0.158. The van der Waals surface area contributed by atoms with Gasteiger partial charge in [-0.2, -0.15) is 0 Å². The van der Waals surface area contributed by atoms with Gasteiger partial charge in [0.1, 0.15) is 5.82 Å². The molecule has 1 aliphatic rings. The van der Waals surface area contributed by atoms with Gasteiger partial charge in [0, 0.05) is 25.9 Å². The van der Waals surface area contributed by atoms with Crippen molar-refractivity contribution in [2.75, 3.05) is 0 Å². The number of fused-ring (bicyclic) bond motifs is 1. The molecule has 2 atom stereocenters. The number of nitrogens with zero attached hydrogens (tertiary/aromatic N) is 2. The summed E-state index contributed by atoms with van der Waals surface area (Å²) in [6, 6.07) is 8.59. The summed E-state index contributed by atoms with van der Waals surface area (Å²) in [4.78, 5) is 4.39. The van der Waals surface area contributed by atoms with Gasteiger partial charge < -0.3 is 4.57 Å². The molecule has 3 rings (SSSR count). The maximum Gasteiger partial charge on any atom is 0.108 e. The first kappa shape index (κ1) is 12.7. The van der Waals surface area contributed by atoms with E-state index in [1.807, 2.05) is 12.4 Å². The van der Waals surface area contributed by atoms with Crippen LogP contribution in [0.2, 0.25) is 0 Å². The average molecular weight is 275 g/mol. The van der Waals surface area contributed by atoms with E-state index in [0.717, 1.165) is 25.1 Å². The fraction of sp³-hybridized carbons (Fsp3) is 0.438. The zero-order valence-corrected chi connectivity index (χ0v) is 12.0. The van der Waals surface area contributed by atoms with Crippen molar-refractivity contribution < 1.29 is 0 Å². The Bertz CT molecular complexity index is 561. The molecule has 2 unspecified atom stereocenters. The minimum atomic E-state index is 0.158. The molecule has 2 nitrogen and oxygen atoms in total. The van der Waals surface area contributed by atoms with Crippen LogP contribution >= 0.6 is 11.6 Å². The van der Waals surface area contributed by atoms with Crippen LogP contribution in [-0.4, -0.2) is 9.55 Å². The van der Waals surface area contributed by atoms with E-state index in [1.54, 1.807) is 0 Å². The summed E-state index contributed by atoms with van der Waals surface area (Å²) in [7, 11) is 2.05. The standard InChI is InChI=1S/C16H19ClN2/c1-19-11-10-18-15(19)9-8-13-7-6-12-4-2-3-5-14(12)16(13)17/h2-5,10-11,13,16H,6-9H2,1H3. The number of aromatic nitrogens is 2. The van der Waals surface area contributed by atoms with Gasteiger partial charge in [-0.1, -0.05) is 24.3 Å². The highest BCUT2D eigenvalue weighted by atomic mass is 35.5. The van der Waals surface area contributed by atoms with E-state index in [2.05, 4.69) is 40.9 Å². The largest absolute Gasteiger partial charge is 0.338 e. The monoisotopic (exact) mass is 274 g/mol. The summed E-state index contributed by atoms with van der Waals surface area (Å²) >= 11 is 6.67. The quantitative estimate of drug-likeness (QED) is 0.777. The van der Waals surface area contributed by atoms with E-state index >= 15 is 0 Å². The van der Waals surface area contributed by atoms with Gasteiger partial charge in [0.2, 0.25) is 0 Å². The summed E-state index contributed by atoms with van der Waals surface area (Å²) in [5.74, 6) is 1.72. The van der Waals surface area contributed by atoms with E-state index in [-0.39, 0.29) is 5.38 Å². The topological polar surface area (TPSA) is 17.8 Å². The number of imidazole rings is 1. The molecule has 3 heteroatoms. The predicted molar refractivity (Wildman–Crippen MR) is 78.4 cm³/mol. The zero-order chi connectivity index (χ0) is 13.2. The van der Waals surface area contributed by atoms with Crippen LogP contribution in [0.15, 0.2) is 36.7 Å². The molecule has 0 aliphatic heterocycles. The molecule has 0 amide bonds. The molecule has 19 heavy (non-hydrogen) atoms. The van der Waals surface area contributed by atoms with E-state index in [4.69, 9.17) is 11.6 Å². The first-order valence-electron chi connectivity index (χ1n) is 6.94. The van der Waals surface area contributed by atoms with E-state index < -0.39 is 0 Å². The van der Waals surface area contributed by atoms with Crippen molar-refractivity contribution in [2.45, 2.75) is 31.1 Å². The zero-order valence-electron chi connectivity index (χ0n) is 11.2. The van der Waals surface area contributed by atoms with Crippen LogP contribution in [0.3, 0.4) is 0 Å². The van der Waals surface area contributed by atoms with E-state index in [9.17, 15) is 0 Å². The molecule has 0 N–H and O–H groups in total. The van der Waals surface area contributed by atoms with Gasteiger partial charge in [-0.25, -0.2) is 4.98 Å². The molecule has 0 saturated heterocycles. The molecule has 1 aromatic carbocycles. The van der Waals surface area contributed by atoms with Gasteiger partial charge in [-0.3, -0.25) is 0 Å². The van der Waals surface area contributed by atoms with Crippen molar-refractivity contribution in [3.63, 3.8) is 0 Å². The predicted octanol–water partition coefficient (Wildman–Crippen LogP) is 3.90. The molecular weight excluding hydrogens is 256 g/mol. The molecule has 1 aliphatic carbocycles.